The highest BCUT2D eigenvalue weighted by Gasteiger charge is 2.31. The van der Waals surface area contributed by atoms with Gasteiger partial charge in [-0.25, -0.2) is 0 Å². The average Bonchev–Trinajstić information content (AvgIpc) is 3.12. The van der Waals surface area contributed by atoms with Crippen molar-refractivity contribution >= 4 is 22.7 Å². The number of nitrogens with one attached hydrogen (secondary N) is 1. The molecular formula is C20H25N3O2. The third kappa shape index (κ3) is 3.28. The first-order valence-corrected chi connectivity index (χ1v) is 9.38. The van der Waals surface area contributed by atoms with E-state index in [1.807, 2.05) is 40.1 Å². The molecule has 1 aromatic carbocycles. The van der Waals surface area contributed by atoms with E-state index >= 15 is 0 Å². The molecule has 0 bridgehead atoms. The molecule has 4 rings (SSSR count). The molecule has 0 atom stereocenters. The molecule has 2 amide bonds. The zero-order valence-electron chi connectivity index (χ0n) is 14.5. The molecule has 5 nitrogen and oxygen atoms in total. The monoisotopic (exact) mass is 339 g/mol. The van der Waals surface area contributed by atoms with Crippen LogP contribution in [0.1, 0.15) is 42.6 Å². The lowest BCUT2D eigenvalue weighted by atomic mass is 9.94. The minimum absolute atomic E-state index is 0.0417. The molecule has 2 fully saturated rings. The summed E-state index contributed by atoms with van der Waals surface area (Å²) >= 11 is 0. The molecule has 0 radical (unpaired) electrons. The van der Waals surface area contributed by atoms with Crippen LogP contribution in [0.4, 0.5) is 0 Å². The van der Waals surface area contributed by atoms with Gasteiger partial charge in [-0.05, 0) is 44.2 Å². The third-order valence-electron chi connectivity index (χ3n) is 5.56. The van der Waals surface area contributed by atoms with Gasteiger partial charge in [-0.2, -0.15) is 0 Å². The number of aromatic amines is 1. The second kappa shape index (κ2) is 6.90. The topological polar surface area (TPSA) is 56.4 Å². The van der Waals surface area contributed by atoms with Crippen LogP contribution in [0.15, 0.2) is 30.3 Å². The molecular weight excluding hydrogens is 314 g/mol. The summed E-state index contributed by atoms with van der Waals surface area (Å²) in [5.74, 6) is 0.433. The molecule has 2 aliphatic rings. The van der Waals surface area contributed by atoms with Gasteiger partial charge in [0.2, 0.25) is 5.91 Å². The molecule has 2 aliphatic heterocycles. The Morgan fingerprint density at radius 1 is 0.920 bits per heavy atom. The van der Waals surface area contributed by atoms with Crippen LogP contribution in [0, 0.1) is 5.92 Å². The number of H-pyrrole nitrogens is 1. The Morgan fingerprint density at radius 2 is 1.64 bits per heavy atom. The number of hydrogen-bond donors (Lipinski definition) is 1. The van der Waals surface area contributed by atoms with E-state index in [0.717, 1.165) is 49.7 Å². The number of nitrogens with zero attached hydrogens (tertiary/aromatic N) is 2. The molecule has 132 valence electrons. The molecule has 0 spiro atoms. The van der Waals surface area contributed by atoms with Crippen LogP contribution in [0.2, 0.25) is 0 Å². The number of amides is 2. The molecule has 25 heavy (non-hydrogen) atoms. The minimum Gasteiger partial charge on any atom is -0.351 e. The molecule has 5 heteroatoms. The van der Waals surface area contributed by atoms with Gasteiger partial charge >= 0.3 is 0 Å². The lowest BCUT2D eigenvalue weighted by molar-refractivity contribution is -0.137. The maximum absolute atomic E-state index is 12.7. The molecule has 3 heterocycles. The van der Waals surface area contributed by atoms with Crippen LogP contribution in [0.3, 0.4) is 0 Å². The Kier molecular flexibility index (Phi) is 4.47. The smallest absolute Gasteiger partial charge is 0.270 e. The van der Waals surface area contributed by atoms with Crippen molar-refractivity contribution < 1.29 is 9.59 Å². The van der Waals surface area contributed by atoms with Crippen molar-refractivity contribution in [3.63, 3.8) is 0 Å². The first kappa shape index (κ1) is 16.2. The molecule has 1 aromatic heterocycles. The number of fused-ring (bicyclic) bond motifs is 1. The van der Waals surface area contributed by atoms with Crippen LogP contribution < -0.4 is 0 Å². The standard InChI is InChI=1S/C20H25N3O2/c24-19(22-10-4-1-5-11-22)15-8-12-23(13-9-15)20(25)18-14-16-6-2-3-7-17(16)21-18/h2-3,6-7,14-15,21H,1,4-5,8-13H2. The normalized spacial score (nSPS) is 19.4. The number of benzene rings is 1. The van der Waals surface area contributed by atoms with Crippen molar-refractivity contribution in [2.45, 2.75) is 32.1 Å². The lowest BCUT2D eigenvalue weighted by Gasteiger charge is -2.35. The Labute approximate surface area is 148 Å². The summed E-state index contributed by atoms with van der Waals surface area (Å²) in [6, 6.07) is 9.84. The predicted molar refractivity (Wildman–Crippen MR) is 97.4 cm³/mol. The SMILES string of the molecule is O=C(c1cc2ccccc2[nH]1)N1CCC(C(=O)N2CCCCC2)CC1. The number of aromatic nitrogens is 1. The summed E-state index contributed by atoms with van der Waals surface area (Å²) in [6.07, 6.45) is 5.05. The van der Waals surface area contributed by atoms with Gasteiger partial charge in [0.05, 0.1) is 0 Å². The number of para-hydroxylation sites is 1. The quantitative estimate of drug-likeness (QED) is 0.914. The maximum Gasteiger partial charge on any atom is 0.270 e. The number of piperidine rings is 2. The van der Waals surface area contributed by atoms with Crippen LogP contribution in [-0.2, 0) is 4.79 Å². The number of hydrogen-bond acceptors (Lipinski definition) is 2. The molecule has 0 aliphatic carbocycles. The van der Waals surface area contributed by atoms with Gasteiger partial charge in [0.1, 0.15) is 5.69 Å². The van der Waals surface area contributed by atoms with Crippen molar-refractivity contribution in [2.75, 3.05) is 26.2 Å². The summed E-state index contributed by atoms with van der Waals surface area (Å²) < 4.78 is 0. The molecule has 2 aromatic rings. The largest absolute Gasteiger partial charge is 0.351 e. The van der Waals surface area contributed by atoms with E-state index < -0.39 is 0 Å². The van der Waals surface area contributed by atoms with E-state index in [-0.39, 0.29) is 11.8 Å². The van der Waals surface area contributed by atoms with Crippen LogP contribution in [0.25, 0.3) is 10.9 Å². The summed E-state index contributed by atoms with van der Waals surface area (Å²) in [7, 11) is 0. The summed E-state index contributed by atoms with van der Waals surface area (Å²) in [5.41, 5.74) is 1.63. The van der Waals surface area contributed by atoms with Crippen molar-refractivity contribution in [2.24, 2.45) is 5.92 Å². The van der Waals surface area contributed by atoms with Gasteiger partial charge in [0.25, 0.3) is 5.91 Å². The second-order valence-electron chi connectivity index (χ2n) is 7.22. The Hall–Kier alpha value is -2.30. The fourth-order valence-corrected chi connectivity index (χ4v) is 4.06. The van der Waals surface area contributed by atoms with Gasteiger partial charge in [-0.3, -0.25) is 9.59 Å². The van der Waals surface area contributed by atoms with Crippen LogP contribution in [0.5, 0.6) is 0 Å². The third-order valence-corrected chi connectivity index (χ3v) is 5.56. The summed E-state index contributed by atoms with van der Waals surface area (Å²) in [6.45, 7) is 3.15. The van der Waals surface area contributed by atoms with E-state index in [0.29, 0.717) is 24.7 Å². The maximum atomic E-state index is 12.7. The number of rotatable bonds is 2. The number of carbonyl (C=O) groups excluding carboxylic acids is 2. The first-order chi connectivity index (χ1) is 12.2. The predicted octanol–water partition coefficient (Wildman–Crippen LogP) is 3.03. The lowest BCUT2D eigenvalue weighted by Crippen LogP contribution is -2.45. The van der Waals surface area contributed by atoms with Gasteiger partial charge in [0, 0.05) is 43.0 Å². The Balaban J connectivity index is 1.37. The summed E-state index contributed by atoms with van der Waals surface area (Å²) in [5, 5.41) is 1.06. The highest BCUT2D eigenvalue weighted by atomic mass is 16.2. The van der Waals surface area contributed by atoms with Gasteiger partial charge in [-0.1, -0.05) is 18.2 Å². The van der Waals surface area contributed by atoms with E-state index in [1.54, 1.807) is 0 Å². The second-order valence-corrected chi connectivity index (χ2v) is 7.22. The van der Waals surface area contributed by atoms with Crippen molar-refractivity contribution in [1.29, 1.82) is 0 Å². The zero-order chi connectivity index (χ0) is 17.2. The van der Waals surface area contributed by atoms with E-state index in [4.69, 9.17) is 0 Å². The highest BCUT2D eigenvalue weighted by molar-refractivity contribution is 5.98. The molecule has 0 saturated carbocycles. The van der Waals surface area contributed by atoms with E-state index in [2.05, 4.69) is 4.98 Å². The van der Waals surface area contributed by atoms with Gasteiger partial charge < -0.3 is 14.8 Å². The molecule has 1 N–H and O–H groups in total. The van der Waals surface area contributed by atoms with Crippen molar-refractivity contribution in [1.82, 2.24) is 14.8 Å². The number of likely N-dealkylation sites (tertiary alicyclic amines) is 2. The van der Waals surface area contributed by atoms with Crippen molar-refractivity contribution in [3.8, 4) is 0 Å². The number of carbonyl (C=O) groups is 2. The zero-order valence-corrected chi connectivity index (χ0v) is 14.5. The van der Waals surface area contributed by atoms with Crippen LogP contribution >= 0.6 is 0 Å². The first-order valence-electron chi connectivity index (χ1n) is 9.38. The summed E-state index contributed by atoms with van der Waals surface area (Å²) in [4.78, 5) is 32.5. The highest BCUT2D eigenvalue weighted by Crippen LogP contribution is 2.24. The Bertz CT molecular complexity index is 735. The van der Waals surface area contributed by atoms with Crippen molar-refractivity contribution in [3.05, 3.63) is 36.0 Å². The van der Waals surface area contributed by atoms with E-state index in [9.17, 15) is 9.59 Å². The van der Waals surface area contributed by atoms with Gasteiger partial charge in [-0.15, -0.1) is 0 Å². The fourth-order valence-electron chi connectivity index (χ4n) is 4.06. The molecule has 0 unspecified atom stereocenters. The molecule has 2 saturated heterocycles. The minimum atomic E-state index is 0.0417. The van der Waals surface area contributed by atoms with Crippen LogP contribution in [-0.4, -0.2) is 52.8 Å². The van der Waals surface area contributed by atoms with Gasteiger partial charge in [0.15, 0.2) is 0 Å². The average molecular weight is 339 g/mol. The fraction of sp³-hybridized carbons (Fsp3) is 0.500. The van der Waals surface area contributed by atoms with E-state index in [1.165, 1.54) is 6.42 Å². The Morgan fingerprint density at radius 3 is 2.36 bits per heavy atom.